The third kappa shape index (κ3) is 1.48. The van der Waals surface area contributed by atoms with E-state index >= 15 is 0 Å². The molecule has 3 heteroatoms. The van der Waals surface area contributed by atoms with Crippen molar-refractivity contribution in [2.45, 2.75) is 12.6 Å². The van der Waals surface area contributed by atoms with Gasteiger partial charge in [-0.2, -0.15) is 5.26 Å². The van der Waals surface area contributed by atoms with Gasteiger partial charge in [-0.15, -0.1) is 0 Å². The maximum Gasteiger partial charge on any atom is 0.138 e. The highest BCUT2D eigenvalue weighted by Crippen LogP contribution is 2.26. The van der Waals surface area contributed by atoms with E-state index < -0.39 is 6.17 Å². The molecule has 2 rings (SSSR count). The lowest BCUT2D eigenvalue weighted by molar-refractivity contribution is 0.174. The summed E-state index contributed by atoms with van der Waals surface area (Å²) in [5, 5.41) is 8.62. The number of alkyl halides is 1. The Balaban J connectivity index is 2.39. The molecule has 1 atom stereocenters. The van der Waals surface area contributed by atoms with Crippen LogP contribution in [-0.2, 0) is 6.42 Å². The summed E-state index contributed by atoms with van der Waals surface area (Å²) in [6.45, 7) is 0.124. The fourth-order valence-corrected chi connectivity index (χ4v) is 1.43. The fraction of sp³-hybridized carbons (Fsp3) is 0.300. The van der Waals surface area contributed by atoms with Crippen LogP contribution in [0.2, 0.25) is 0 Å². The third-order valence-electron chi connectivity index (χ3n) is 2.05. The van der Waals surface area contributed by atoms with Crippen LogP contribution in [0, 0.1) is 11.3 Å². The summed E-state index contributed by atoms with van der Waals surface area (Å²) >= 11 is 0. The number of hydrogen-bond donors (Lipinski definition) is 0. The second kappa shape index (κ2) is 3.06. The summed E-state index contributed by atoms with van der Waals surface area (Å²) in [6.07, 6.45) is -0.591. The van der Waals surface area contributed by atoms with Crippen molar-refractivity contribution in [2.75, 3.05) is 6.61 Å². The van der Waals surface area contributed by atoms with Crippen LogP contribution in [0.25, 0.3) is 0 Å². The number of halogens is 1. The zero-order valence-corrected chi connectivity index (χ0v) is 6.96. The van der Waals surface area contributed by atoms with E-state index in [1.54, 1.807) is 18.2 Å². The minimum absolute atomic E-state index is 0.124. The van der Waals surface area contributed by atoms with Crippen molar-refractivity contribution in [1.29, 1.82) is 5.26 Å². The number of hydrogen-bond acceptors (Lipinski definition) is 2. The molecule has 1 heterocycles. The van der Waals surface area contributed by atoms with Crippen LogP contribution < -0.4 is 4.74 Å². The van der Waals surface area contributed by atoms with Gasteiger partial charge >= 0.3 is 0 Å². The first-order chi connectivity index (χ1) is 6.29. The zero-order valence-electron chi connectivity index (χ0n) is 6.96. The van der Waals surface area contributed by atoms with E-state index in [-0.39, 0.29) is 6.61 Å². The second-order valence-corrected chi connectivity index (χ2v) is 3.05. The monoisotopic (exact) mass is 177 g/mol. The first-order valence-corrected chi connectivity index (χ1v) is 4.09. The van der Waals surface area contributed by atoms with Gasteiger partial charge in [0, 0.05) is 6.42 Å². The smallest absolute Gasteiger partial charge is 0.138 e. The number of nitriles is 1. The number of fused-ring (bicyclic) bond motifs is 1. The zero-order chi connectivity index (χ0) is 9.26. The van der Waals surface area contributed by atoms with Crippen molar-refractivity contribution in [3.63, 3.8) is 0 Å². The van der Waals surface area contributed by atoms with Crippen molar-refractivity contribution in [3.05, 3.63) is 29.3 Å². The highest BCUT2D eigenvalue weighted by molar-refractivity contribution is 5.43. The molecular formula is C10H8FNO. The van der Waals surface area contributed by atoms with Crippen molar-refractivity contribution >= 4 is 0 Å². The Morgan fingerprint density at radius 1 is 1.54 bits per heavy atom. The van der Waals surface area contributed by atoms with E-state index in [0.29, 0.717) is 17.7 Å². The van der Waals surface area contributed by atoms with E-state index in [2.05, 4.69) is 0 Å². The van der Waals surface area contributed by atoms with Crippen LogP contribution in [0.15, 0.2) is 18.2 Å². The van der Waals surface area contributed by atoms with Crippen LogP contribution in [-0.4, -0.2) is 12.8 Å². The lowest BCUT2D eigenvalue weighted by Gasteiger charge is -2.19. The highest BCUT2D eigenvalue weighted by atomic mass is 19.1. The molecule has 0 bridgehead atoms. The molecule has 0 saturated carbocycles. The Morgan fingerprint density at radius 2 is 2.38 bits per heavy atom. The van der Waals surface area contributed by atoms with Crippen molar-refractivity contribution < 1.29 is 9.13 Å². The molecule has 1 aliphatic rings. The van der Waals surface area contributed by atoms with Gasteiger partial charge in [0.15, 0.2) is 0 Å². The summed E-state index contributed by atoms with van der Waals surface area (Å²) in [5.41, 5.74) is 1.34. The van der Waals surface area contributed by atoms with Gasteiger partial charge in [-0.1, -0.05) is 0 Å². The molecule has 1 aromatic rings. The van der Waals surface area contributed by atoms with Crippen LogP contribution in [0.1, 0.15) is 11.1 Å². The molecule has 0 amide bonds. The number of nitrogens with zero attached hydrogens (tertiary/aromatic N) is 1. The molecule has 0 fully saturated rings. The third-order valence-corrected chi connectivity index (χ3v) is 2.05. The maximum absolute atomic E-state index is 12.9. The summed E-state index contributed by atoms with van der Waals surface area (Å²) in [4.78, 5) is 0. The molecule has 0 spiro atoms. The van der Waals surface area contributed by atoms with Gasteiger partial charge in [0.1, 0.15) is 18.5 Å². The normalized spacial score (nSPS) is 19.8. The molecule has 0 aromatic heterocycles. The van der Waals surface area contributed by atoms with Crippen molar-refractivity contribution in [2.24, 2.45) is 0 Å². The summed E-state index contributed by atoms with van der Waals surface area (Å²) in [6, 6.07) is 7.10. The van der Waals surface area contributed by atoms with Gasteiger partial charge in [-0.05, 0) is 23.8 Å². The Hall–Kier alpha value is -1.56. The minimum Gasteiger partial charge on any atom is -0.490 e. The quantitative estimate of drug-likeness (QED) is 0.605. The molecule has 1 aliphatic heterocycles. The van der Waals surface area contributed by atoms with E-state index in [4.69, 9.17) is 10.00 Å². The Bertz CT molecular complexity index is 370. The average molecular weight is 177 g/mol. The molecule has 1 aromatic carbocycles. The van der Waals surface area contributed by atoms with Crippen molar-refractivity contribution in [1.82, 2.24) is 0 Å². The van der Waals surface area contributed by atoms with E-state index in [1.807, 2.05) is 6.07 Å². The summed E-state index contributed by atoms with van der Waals surface area (Å²) < 4.78 is 18.0. The number of benzene rings is 1. The molecule has 0 N–H and O–H groups in total. The molecule has 2 nitrogen and oxygen atoms in total. The second-order valence-electron chi connectivity index (χ2n) is 3.05. The van der Waals surface area contributed by atoms with Gasteiger partial charge < -0.3 is 4.74 Å². The van der Waals surface area contributed by atoms with Crippen LogP contribution >= 0.6 is 0 Å². The highest BCUT2D eigenvalue weighted by Gasteiger charge is 2.18. The fourth-order valence-electron chi connectivity index (χ4n) is 1.43. The molecule has 0 aliphatic carbocycles. The van der Waals surface area contributed by atoms with E-state index in [9.17, 15) is 4.39 Å². The largest absolute Gasteiger partial charge is 0.490 e. The predicted molar refractivity (Wildman–Crippen MR) is 45.3 cm³/mol. The van der Waals surface area contributed by atoms with Gasteiger partial charge in [-0.25, -0.2) is 4.39 Å². The van der Waals surface area contributed by atoms with Crippen LogP contribution in [0.5, 0.6) is 5.75 Å². The maximum atomic E-state index is 12.9. The van der Waals surface area contributed by atoms with Crippen LogP contribution in [0.3, 0.4) is 0 Å². The lowest BCUT2D eigenvalue weighted by Crippen LogP contribution is -2.21. The molecule has 0 saturated heterocycles. The van der Waals surface area contributed by atoms with Gasteiger partial charge in [0.25, 0.3) is 0 Å². The van der Waals surface area contributed by atoms with Gasteiger partial charge in [-0.3, -0.25) is 0 Å². The first kappa shape index (κ1) is 8.06. The van der Waals surface area contributed by atoms with Crippen molar-refractivity contribution in [3.8, 4) is 11.8 Å². The Morgan fingerprint density at radius 3 is 3.15 bits per heavy atom. The first-order valence-electron chi connectivity index (χ1n) is 4.09. The van der Waals surface area contributed by atoms with Gasteiger partial charge in [0.05, 0.1) is 11.6 Å². The molecule has 66 valence electrons. The molecule has 0 radical (unpaired) electrons. The van der Waals surface area contributed by atoms with Crippen LogP contribution in [0.4, 0.5) is 4.39 Å². The predicted octanol–water partition coefficient (Wildman–Crippen LogP) is 1.83. The minimum atomic E-state index is -0.943. The van der Waals surface area contributed by atoms with E-state index in [0.717, 1.165) is 5.56 Å². The summed E-state index contributed by atoms with van der Waals surface area (Å²) in [5.74, 6) is 0.702. The van der Waals surface area contributed by atoms with Gasteiger partial charge in [0.2, 0.25) is 0 Å². The molecule has 0 unspecified atom stereocenters. The molecule has 13 heavy (non-hydrogen) atoms. The standard InChI is InChI=1S/C10H8FNO/c11-9-4-8-3-7(5-12)1-2-10(8)13-6-9/h1-3,9H,4,6H2/t9-/m1/s1. The summed E-state index contributed by atoms with van der Waals surface area (Å²) in [7, 11) is 0. The number of ether oxygens (including phenoxy) is 1. The Kier molecular flexibility index (Phi) is 1.90. The Labute approximate surface area is 75.6 Å². The lowest BCUT2D eigenvalue weighted by atomic mass is 10.0. The van der Waals surface area contributed by atoms with E-state index in [1.165, 1.54) is 0 Å². The topological polar surface area (TPSA) is 33.0 Å². The molecular weight excluding hydrogens is 169 g/mol. The average Bonchev–Trinajstić information content (AvgIpc) is 2.16. The SMILES string of the molecule is N#Cc1ccc2c(c1)C[C@@H](F)CO2. The number of rotatable bonds is 0.